The molecule has 0 aromatic heterocycles. The number of aliphatic hydroxyl groups is 2. The van der Waals surface area contributed by atoms with E-state index >= 15 is 0 Å². The van der Waals surface area contributed by atoms with Gasteiger partial charge in [0.25, 0.3) is 0 Å². The Kier molecular flexibility index (Phi) is 4.63. The lowest BCUT2D eigenvalue weighted by atomic mass is 9.60. The summed E-state index contributed by atoms with van der Waals surface area (Å²) in [5.74, 6) is -1.84. The van der Waals surface area contributed by atoms with Crippen LogP contribution in [0.15, 0.2) is 42.0 Å². The van der Waals surface area contributed by atoms with E-state index < -0.39 is 40.2 Å². The number of hydrogen-bond acceptors (Lipinski definition) is 4. The van der Waals surface area contributed by atoms with E-state index in [1.807, 2.05) is 6.92 Å². The molecular formula is C27H29ClFNO4. The average Bonchev–Trinajstić information content (AvgIpc) is 3.23. The Morgan fingerprint density at radius 2 is 2.15 bits per heavy atom. The topological polar surface area (TPSA) is 86.6 Å². The summed E-state index contributed by atoms with van der Waals surface area (Å²) in [4.78, 5) is 27.2. The first-order valence-corrected chi connectivity index (χ1v) is 12.4. The number of nitrogens with one attached hydrogen (secondary N) is 1. The molecule has 34 heavy (non-hydrogen) atoms. The summed E-state index contributed by atoms with van der Waals surface area (Å²) < 4.78 is 13.6. The van der Waals surface area contributed by atoms with Crippen molar-refractivity contribution in [2.45, 2.75) is 57.3 Å². The van der Waals surface area contributed by atoms with Gasteiger partial charge in [-0.05, 0) is 67.2 Å². The quantitative estimate of drug-likeness (QED) is 0.569. The van der Waals surface area contributed by atoms with E-state index in [4.69, 9.17) is 11.6 Å². The van der Waals surface area contributed by atoms with E-state index in [0.717, 1.165) is 17.6 Å². The molecule has 1 aromatic rings. The lowest BCUT2D eigenvalue weighted by molar-refractivity contribution is -0.141. The van der Waals surface area contributed by atoms with Gasteiger partial charge in [0.15, 0.2) is 0 Å². The summed E-state index contributed by atoms with van der Waals surface area (Å²) in [7, 11) is 0. The van der Waals surface area contributed by atoms with Crippen LogP contribution in [0, 0.1) is 40.3 Å². The van der Waals surface area contributed by atoms with Gasteiger partial charge in [0.05, 0.1) is 28.1 Å². The minimum Gasteiger partial charge on any atom is -0.391 e. The zero-order valence-corrected chi connectivity index (χ0v) is 19.9. The van der Waals surface area contributed by atoms with Gasteiger partial charge in [0.2, 0.25) is 5.91 Å². The first kappa shape index (κ1) is 22.4. The van der Waals surface area contributed by atoms with E-state index in [2.05, 4.69) is 18.0 Å². The largest absolute Gasteiger partial charge is 0.391 e. The highest BCUT2D eigenvalue weighted by Gasteiger charge is 2.74. The van der Waals surface area contributed by atoms with Crippen LogP contribution >= 0.6 is 11.6 Å². The Bertz CT molecular complexity index is 1180. The molecular weight excluding hydrogens is 457 g/mol. The van der Waals surface area contributed by atoms with Gasteiger partial charge in [-0.1, -0.05) is 35.9 Å². The Morgan fingerprint density at radius 1 is 1.38 bits per heavy atom. The van der Waals surface area contributed by atoms with E-state index in [1.54, 1.807) is 6.07 Å². The number of rotatable bonds is 3. The molecule has 5 aliphatic carbocycles. The van der Waals surface area contributed by atoms with Crippen LogP contribution in [0.1, 0.15) is 44.6 Å². The molecule has 0 saturated heterocycles. The summed E-state index contributed by atoms with van der Waals surface area (Å²) in [6.07, 6.45) is 3.88. The lowest BCUT2D eigenvalue weighted by Crippen LogP contribution is -2.51. The van der Waals surface area contributed by atoms with E-state index in [1.165, 1.54) is 12.1 Å². The highest BCUT2D eigenvalue weighted by molar-refractivity contribution is 6.30. The lowest BCUT2D eigenvalue weighted by Gasteiger charge is -2.43. The molecule has 4 bridgehead atoms. The number of allylic oxidation sites excluding steroid dienone is 1. The fourth-order valence-electron chi connectivity index (χ4n) is 8.34. The van der Waals surface area contributed by atoms with Crippen molar-refractivity contribution in [2.24, 2.45) is 34.5 Å². The third-order valence-electron chi connectivity index (χ3n) is 9.90. The van der Waals surface area contributed by atoms with Crippen molar-refractivity contribution in [1.29, 1.82) is 0 Å². The predicted molar refractivity (Wildman–Crippen MR) is 124 cm³/mol. The maximum atomic E-state index is 14.0. The zero-order valence-electron chi connectivity index (χ0n) is 19.1. The van der Waals surface area contributed by atoms with Gasteiger partial charge < -0.3 is 15.5 Å². The normalized spacial score (nSPS) is 44.0. The molecule has 6 rings (SSSR count). The first-order valence-electron chi connectivity index (χ1n) is 12.1. The standard InChI is InChI=1S/C27H29ClFNO4/c1-13-10-26-12-27(13,34)6-5-17(26)16-8-15-9-20(31)25(2,23(15)32)21(16)22(26)24(33)30-11-14-3-4-19(29)18(28)7-14/h3-4,7-8,15,17,21-23,32,34H,1,5-6,9-12H2,2H3,(H,30,33)/t15-,17-,21?,22+,23-,25-,26-,27-/m0/s1. The van der Waals surface area contributed by atoms with Crippen LogP contribution in [0.2, 0.25) is 5.02 Å². The fraction of sp³-hybridized carbons (Fsp3) is 0.556. The molecule has 1 spiro atoms. The van der Waals surface area contributed by atoms with Crippen molar-refractivity contribution in [3.8, 4) is 0 Å². The van der Waals surface area contributed by atoms with Crippen molar-refractivity contribution in [3.63, 3.8) is 0 Å². The van der Waals surface area contributed by atoms with Crippen molar-refractivity contribution < 1.29 is 24.2 Å². The molecule has 1 unspecified atom stereocenters. The van der Waals surface area contributed by atoms with Crippen LogP contribution < -0.4 is 5.32 Å². The minimum atomic E-state index is -1.02. The number of halogens is 2. The maximum absolute atomic E-state index is 14.0. The summed E-state index contributed by atoms with van der Waals surface area (Å²) in [6, 6.07) is 4.34. The van der Waals surface area contributed by atoms with Gasteiger partial charge in [-0.15, -0.1) is 0 Å². The average molecular weight is 486 g/mol. The second kappa shape index (κ2) is 7.02. The molecule has 4 fully saturated rings. The van der Waals surface area contributed by atoms with Crippen molar-refractivity contribution in [3.05, 3.63) is 58.4 Å². The molecule has 180 valence electrons. The zero-order chi connectivity index (χ0) is 24.2. The first-order chi connectivity index (χ1) is 16.0. The second-order valence-electron chi connectivity index (χ2n) is 11.4. The van der Waals surface area contributed by atoms with Crippen LogP contribution in [0.25, 0.3) is 0 Å². The monoisotopic (exact) mass is 485 g/mol. The number of carbonyl (C=O) groups is 2. The summed E-state index contributed by atoms with van der Waals surface area (Å²) in [6.45, 7) is 6.16. The smallest absolute Gasteiger partial charge is 0.224 e. The molecule has 1 amide bonds. The number of carbonyl (C=O) groups excluding carboxylic acids is 2. The predicted octanol–water partition coefficient (Wildman–Crippen LogP) is 3.72. The number of ketones is 1. The van der Waals surface area contributed by atoms with Crippen molar-refractivity contribution in [1.82, 2.24) is 5.32 Å². The number of benzene rings is 1. The van der Waals surface area contributed by atoms with Gasteiger partial charge in [-0.2, -0.15) is 0 Å². The van der Waals surface area contributed by atoms with E-state index in [0.29, 0.717) is 31.2 Å². The van der Waals surface area contributed by atoms with Gasteiger partial charge >= 0.3 is 0 Å². The summed E-state index contributed by atoms with van der Waals surface area (Å²) in [5.41, 5.74) is 0.00839. The fourth-order valence-corrected chi connectivity index (χ4v) is 8.54. The van der Waals surface area contributed by atoms with Crippen molar-refractivity contribution in [2.75, 3.05) is 0 Å². The Labute approximate surface area is 203 Å². The number of Topliss-reactive ketones (excluding diaryl/α,β-unsaturated/α-hetero) is 1. The van der Waals surface area contributed by atoms with Crippen LogP contribution in [0.3, 0.4) is 0 Å². The third kappa shape index (κ3) is 2.68. The molecule has 8 atom stereocenters. The SMILES string of the molecule is C=C1C[C@]23C[C@@]1(O)CC[C@H]2C1=C[C@H]2CC(=O)[C@@](C)(C1[C@@H]3C(=O)NCc1ccc(F)c(Cl)c1)[C@H]2O. The van der Waals surface area contributed by atoms with Crippen LogP contribution in [-0.4, -0.2) is 33.6 Å². The molecule has 1 aromatic carbocycles. The second-order valence-corrected chi connectivity index (χ2v) is 11.8. The van der Waals surface area contributed by atoms with Crippen LogP contribution in [-0.2, 0) is 16.1 Å². The van der Waals surface area contributed by atoms with E-state index in [-0.39, 0.29) is 35.1 Å². The molecule has 4 saturated carbocycles. The summed E-state index contributed by atoms with van der Waals surface area (Å²) >= 11 is 5.91. The highest BCUT2D eigenvalue weighted by atomic mass is 35.5. The molecule has 3 N–H and O–H groups in total. The van der Waals surface area contributed by atoms with Gasteiger partial charge in [0.1, 0.15) is 11.6 Å². The molecule has 0 aliphatic heterocycles. The minimum absolute atomic E-state index is 0.00602. The highest BCUT2D eigenvalue weighted by Crippen LogP contribution is 2.74. The molecule has 0 heterocycles. The number of hydrogen-bond donors (Lipinski definition) is 3. The molecule has 5 nitrogen and oxygen atoms in total. The van der Waals surface area contributed by atoms with Gasteiger partial charge in [-0.3, -0.25) is 9.59 Å². The summed E-state index contributed by atoms with van der Waals surface area (Å²) in [5, 5.41) is 25.5. The number of fused-ring (bicyclic) bond motifs is 6. The Morgan fingerprint density at radius 3 is 2.88 bits per heavy atom. The van der Waals surface area contributed by atoms with Crippen LogP contribution in [0.5, 0.6) is 0 Å². The Hall–Kier alpha value is -2.02. The molecule has 0 radical (unpaired) electrons. The number of amides is 1. The maximum Gasteiger partial charge on any atom is 0.224 e. The van der Waals surface area contributed by atoms with Gasteiger partial charge in [0, 0.05) is 24.8 Å². The number of aliphatic hydroxyl groups excluding tert-OH is 1. The van der Waals surface area contributed by atoms with E-state index in [9.17, 15) is 24.2 Å². The van der Waals surface area contributed by atoms with Crippen LogP contribution in [0.4, 0.5) is 4.39 Å². The van der Waals surface area contributed by atoms with Gasteiger partial charge in [-0.25, -0.2) is 4.39 Å². The van der Waals surface area contributed by atoms with Crippen molar-refractivity contribution >= 4 is 23.3 Å². The molecule has 5 aliphatic rings. The Balaban J connectivity index is 1.42. The third-order valence-corrected chi connectivity index (χ3v) is 10.2. The molecule has 7 heteroatoms.